The molecule has 0 aliphatic rings. The van der Waals surface area contributed by atoms with Crippen LogP contribution in [0.4, 0.5) is 5.82 Å². The van der Waals surface area contributed by atoms with Crippen molar-refractivity contribution in [2.24, 2.45) is 0 Å². The average molecular weight is 363 g/mol. The van der Waals surface area contributed by atoms with Crippen LogP contribution in [0.5, 0.6) is 0 Å². The number of rotatable bonds is 9. The van der Waals surface area contributed by atoms with Crippen LogP contribution < -0.4 is 4.90 Å². The first-order chi connectivity index (χ1) is 12.7. The number of fused-ring (bicyclic) bond motifs is 1. The summed E-state index contributed by atoms with van der Waals surface area (Å²) in [7, 11) is 3.45. The highest BCUT2D eigenvalue weighted by Crippen LogP contribution is 2.23. The van der Waals surface area contributed by atoms with Crippen molar-refractivity contribution >= 4 is 17.0 Å². The molecule has 26 heavy (non-hydrogen) atoms. The molecule has 11 nitrogen and oxygen atoms in total. The van der Waals surface area contributed by atoms with Gasteiger partial charge in [-0.1, -0.05) is 5.16 Å². The highest BCUT2D eigenvalue weighted by molar-refractivity contribution is 5.83. The molecule has 3 aromatic rings. The van der Waals surface area contributed by atoms with Crippen molar-refractivity contribution in [2.45, 2.75) is 19.0 Å². The van der Waals surface area contributed by atoms with Gasteiger partial charge in [0.05, 0.1) is 38.7 Å². The third-order valence-corrected chi connectivity index (χ3v) is 3.93. The molecule has 3 heterocycles. The second-order valence-corrected chi connectivity index (χ2v) is 5.74. The van der Waals surface area contributed by atoms with Gasteiger partial charge in [-0.05, 0) is 0 Å². The number of hydrogen-bond donors (Lipinski definition) is 2. The summed E-state index contributed by atoms with van der Waals surface area (Å²) in [5, 5.41) is 22.7. The van der Waals surface area contributed by atoms with E-state index >= 15 is 0 Å². The van der Waals surface area contributed by atoms with E-state index in [1.54, 1.807) is 11.7 Å². The number of aromatic nitrogens is 6. The van der Waals surface area contributed by atoms with Crippen molar-refractivity contribution in [2.75, 3.05) is 38.9 Å². The van der Waals surface area contributed by atoms with E-state index < -0.39 is 6.04 Å². The monoisotopic (exact) mass is 363 g/mol. The van der Waals surface area contributed by atoms with Crippen molar-refractivity contribution in [3.05, 3.63) is 24.4 Å². The van der Waals surface area contributed by atoms with E-state index in [-0.39, 0.29) is 13.2 Å². The second kappa shape index (κ2) is 8.17. The Morgan fingerprint density at radius 3 is 2.81 bits per heavy atom. The Kier molecular flexibility index (Phi) is 5.71. The van der Waals surface area contributed by atoms with Gasteiger partial charge in [-0.3, -0.25) is 0 Å². The van der Waals surface area contributed by atoms with Gasteiger partial charge in [0.25, 0.3) is 0 Å². The smallest absolute Gasteiger partial charge is 0.246 e. The predicted octanol–water partition coefficient (Wildman–Crippen LogP) is -0.440. The van der Waals surface area contributed by atoms with E-state index in [9.17, 15) is 10.2 Å². The summed E-state index contributed by atoms with van der Waals surface area (Å²) in [5.41, 5.74) is 1.09. The molecule has 0 unspecified atom stereocenters. The number of ether oxygens (including phenoxy) is 1. The maximum atomic E-state index is 9.40. The number of methoxy groups -OCH3 is 1. The Bertz CT molecular complexity index is 846. The molecular formula is C15H21N7O4. The van der Waals surface area contributed by atoms with Crippen LogP contribution in [-0.2, 0) is 17.7 Å². The summed E-state index contributed by atoms with van der Waals surface area (Å²) in [4.78, 5) is 19.0. The minimum absolute atomic E-state index is 0.219. The van der Waals surface area contributed by atoms with Crippen LogP contribution in [0.1, 0.15) is 17.8 Å². The van der Waals surface area contributed by atoms with E-state index in [4.69, 9.17) is 9.26 Å². The lowest BCUT2D eigenvalue weighted by atomic mass is 10.3. The van der Waals surface area contributed by atoms with Gasteiger partial charge in [-0.15, -0.1) is 0 Å². The standard InChI is InChI=1S/C15H21N7O4/c1-21(5-12-19-11(20-26-12)3-4-25-2)14-13-15(17-8-16-14)22(9-18-13)10(6-23)7-24/h8-10,23-24H,3-7H2,1-2H3. The van der Waals surface area contributed by atoms with Crippen molar-refractivity contribution < 1.29 is 19.5 Å². The largest absolute Gasteiger partial charge is 0.394 e. The van der Waals surface area contributed by atoms with E-state index in [1.807, 2.05) is 11.9 Å². The Labute approximate surface area is 149 Å². The molecule has 3 aromatic heterocycles. The molecule has 0 radical (unpaired) electrons. The summed E-state index contributed by atoms with van der Waals surface area (Å²) >= 11 is 0. The molecule has 0 saturated carbocycles. The number of nitrogens with zero attached hydrogens (tertiary/aromatic N) is 7. The molecule has 0 amide bonds. The molecule has 2 N–H and O–H groups in total. The topological polar surface area (TPSA) is 135 Å². The van der Waals surface area contributed by atoms with Gasteiger partial charge in [0.15, 0.2) is 22.8 Å². The molecule has 0 aliphatic heterocycles. The maximum Gasteiger partial charge on any atom is 0.246 e. The Morgan fingerprint density at radius 2 is 2.08 bits per heavy atom. The molecule has 0 fully saturated rings. The van der Waals surface area contributed by atoms with E-state index in [0.29, 0.717) is 48.3 Å². The maximum absolute atomic E-state index is 9.40. The third kappa shape index (κ3) is 3.64. The zero-order valence-electron chi connectivity index (χ0n) is 14.6. The molecule has 0 aromatic carbocycles. The molecule has 11 heteroatoms. The summed E-state index contributed by atoms with van der Waals surface area (Å²) in [6.07, 6.45) is 3.52. The lowest BCUT2D eigenvalue weighted by Crippen LogP contribution is -2.19. The van der Waals surface area contributed by atoms with Gasteiger partial charge in [0, 0.05) is 20.6 Å². The fraction of sp³-hybridized carbons (Fsp3) is 0.533. The van der Waals surface area contributed by atoms with Gasteiger partial charge in [-0.2, -0.15) is 4.98 Å². The van der Waals surface area contributed by atoms with Gasteiger partial charge >= 0.3 is 0 Å². The van der Waals surface area contributed by atoms with E-state index in [0.717, 1.165) is 0 Å². The van der Waals surface area contributed by atoms with Crippen molar-refractivity contribution in [3.63, 3.8) is 0 Å². The zero-order valence-corrected chi connectivity index (χ0v) is 14.6. The van der Waals surface area contributed by atoms with Crippen LogP contribution in [0.2, 0.25) is 0 Å². The third-order valence-electron chi connectivity index (χ3n) is 3.93. The minimum Gasteiger partial charge on any atom is -0.394 e. The number of aliphatic hydroxyl groups excluding tert-OH is 2. The molecule has 0 atom stereocenters. The van der Waals surface area contributed by atoms with Crippen LogP contribution >= 0.6 is 0 Å². The summed E-state index contributed by atoms with van der Waals surface area (Å²) < 4.78 is 11.9. The molecule has 140 valence electrons. The van der Waals surface area contributed by atoms with Crippen molar-refractivity contribution in [3.8, 4) is 0 Å². The molecule has 0 aliphatic carbocycles. The Hall–Kier alpha value is -2.63. The van der Waals surface area contributed by atoms with Crippen LogP contribution in [0.3, 0.4) is 0 Å². The lowest BCUT2D eigenvalue weighted by molar-refractivity contribution is 0.156. The normalized spacial score (nSPS) is 11.6. The van der Waals surface area contributed by atoms with Gasteiger partial charge in [0.1, 0.15) is 6.33 Å². The van der Waals surface area contributed by atoms with Crippen LogP contribution in [0.15, 0.2) is 17.2 Å². The molecule has 0 spiro atoms. The zero-order chi connectivity index (χ0) is 18.5. The molecule has 0 bridgehead atoms. The van der Waals surface area contributed by atoms with Crippen LogP contribution in [0.25, 0.3) is 11.2 Å². The fourth-order valence-corrected chi connectivity index (χ4v) is 2.55. The Balaban J connectivity index is 1.82. The van der Waals surface area contributed by atoms with Gasteiger partial charge in [-0.25, -0.2) is 15.0 Å². The van der Waals surface area contributed by atoms with Crippen molar-refractivity contribution in [1.82, 2.24) is 29.7 Å². The van der Waals surface area contributed by atoms with Gasteiger partial charge in [0.2, 0.25) is 5.89 Å². The Morgan fingerprint density at radius 1 is 1.27 bits per heavy atom. The van der Waals surface area contributed by atoms with E-state index in [1.165, 1.54) is 12.7 Å². The lowest BCUT2D eigenvalue weighted by Gasteiger charge is -2.16. The summed E-state index contributed by atoms with van der Waals surface area (Å²) in [6, 6.07) is -0.507. The number of imidazole rings is 1. The van der Waals surface area contributed by atoms with Crippen LogP contribution in [-0.4, -0.2) is 73.9 Å². The fourth-order valence-electron chi connectivity index (χ4n) is 2.55. The number of aliphatic hydroxyl groups is 2. The summed E-state index contributed by atoms with van der Waals surface area (Å²) in [5.74, 6) is 1.62. The minimum atomic E-state index is -0.507. The highest BCUT2D eigenvalue weighted by Gasteiger charge is 2.19. The molecule has 0 saturated heterocycles. The van der Waals surface area contributed by atoms with Gasteiger partial charge < -0.3 is 28.9 Å². The predicted molar refractivity (Wildman–Crippen MR) is 90.5 cm³/mol. The first-order valence-electron chi connectivity index (χ1n) is 8.08. The second-order valence-electron chi connectivity index (χ2n) is 5.74. The molecular weight excluding hydrogens is 342 g/mol. The number of anilines is 1. The summed E-state index contributed by atoms with van der Waals surface area (Å²) in [6.45, 7) is 0.435. The average Bonchev–Trinajstić information content (AvgIpc) is 3.28. The van der Waals surface area contributed by atoms with Crippen molar-refractivity contribution in [1.29, 1.82) is 0 Å². The first kappa shape index (κ1) is 18.2. The quantitative estimate of drug-likeness (QED) is 0.515. The highest BCUT2D eigenvalue weighted by atomic mass is 16.5. The number of hydrogen-bond acceptors (Lipinski definition) is 10. The molecule has 3 rings (SSSR count). The van der Waals surface area contributed by atoms with E-state index in [2.05, 4.69) is 25.1 Å². The first-order valence-corrected chi connectivity index (χ1v) is 8.08. The SMILES string of the molecule is COCCc1noc(CN(C)c2ncnc3c2ncn3C(CO)CO)n1. The van der Waals surface area contributed by atoms with Crippen LogP contribution in [0, 0.1) is 0 Å².